The maximum atomic E-state index is 12.6. The van der Waals surface area contributed by atoms with Crippen molar-refractivity contribution in [3.05, 3.63) is 78.5 Å². The minimum Gasteiger partial charge on any atom is -0.471 e. The van der Waals surface area contributed by atoms with Crippen LogP contribution in [0.3, 0.4) is 0 Å². The highest BCUT2D eigenvalue weighted by Gasteiger charge is 2.34. The van der Waals surface area contributed by atoms with Gasteiger partial charge in [-0.2, -0.15) is 5.10 Å². The lowest BCUT2D eigenvalue weighted by Crippen LogP contribution is -2.56. The molecule has 3 heterocycles. The Morgan fingerprint density at radius 1 is 1.00 bits per heavy atom. The fraction of sp³-hybridized carbons (Fsp3) is 0.136. The number of rotatable bonds is 4. The van der Waals surface area contributed by atoms with E-state index in [1.807, 2.05) is 66.7 Å². The summed E-state index contributed by atoms with van der Waals surface area (Å²) in [5.74, 6) is 0.518. The van der Waals surface area contributed by atoms with Gasteiger partial charge in [0.1, 0.15) is 11.8 Å². The zero-order chi connectivity index (χ0) is 18.9. The van der Waals surface area contributed by atoms with Gasteiger partial charge in [0.15, 0.2) is 0 Å². The van der Waals surface area contributed by atoms with E-state index in [0.29, 0.717) is 24.7 Å². The molecule has 0 bridgehead atoms. The molecule has 1 saturated heterocycles. The molecule has 0 spiro atoms. The Morgan fingerprint density at radius 2 is 1.79 bits per heavy atom. The van der Waals surface area contributed by atoms with Crippen LogP contribution in [0.4, 0.5) is 0 Å². The van der Waals surface area contributed by atoms with Gasteiger partial charge < -0.3 is 9.64 Å². The van der Waals surface area contributed by atoms with Crippen LogP contribution in [-0.4, -0.2) is 45.2 Å². The highest BCUT2D eigenvalue weighted by Crippen LogP contribution is 2.22. The van der Waals surface area contributed by atoms with E-state index in [1.54, 1.807) is 11.0 Å². The van der Waals surface area contributed by atoms with Crippen LogP contribution in [0, 0.1) is 0 Å². The van der Waals surface area contributed by atoms with Crippen molar-refractivity contribution < 1.29 is 9.53 Å². The molecule has 4 aromatic rings. The van der Waals surface area contributed by atoms with Gasteiger partial charge in [-0.3, -0.25) is 9.89 Å². The molecule has 0 saturated carbocycles. The Morgan fingerprint density at radius 3 is 2.64 bits per heavy atom. The van der Waals surface area contributed by atoms with E-state index in [-0.39, 0.29) is 12.0 Å². The van der Waals surface area contributed by atoms with E-state index >= 15 is 0 Å². The number of ether oxygens (including phenoxy) is 1. The second kappa shape index (κ2) is 6.81. The maximum absolute atomic E-state index is 12.6. The van der Waals surface area contributed by atoms with Crippen LogP contribution >= 0.6 is 0 Å². The zero-order valence-electron chi connectivity index (χ0n) is 15.1. The van der Waals surface area contributed by atoms with Crippen LogP contribution in [0.1, 0.15) is 10.5 Å². The normalized spacial score (nSPS) is 14.1. The Hall–Kier alpha value is -3.67. The molecular weight excluding hydrogens is 352 g/mol. The summed E-state index contributed by atoms with van der Waals surface area (Å²) in [4.78, 5) is 18.9. The number of carbonyl (C=O) groups excluding carboxylic acids is 1. The van der Waals surface area contributed by atoms with Gasteiger partial charge in [-0.05, 0) is 18.2 Å². The second-order valence-electron chi connectivity index (χ2n) is 6.83. The number of aromatic amines is 1. The third kappa shape index (κ3) is 3.09. The smallest absolute Gasteiger partial charge is 0.272 e. The average Bonchev–Trinajstić information content (AvgIpc) is 3.21. The lowest BCUT2D eigenvalue weighted by atomic mass is 10.1. The summed E-state index contributed by atoms with van der Waals surface area (Å²) in [6.07, 6.45) is -0.0471. The molecule has 0 unspecified atom stereocenters. The van der Waals surface area contributed by atoms with Crippen LogP contribution in [-0.2, 0) is 0 Å². The van der Waals surface area contributed by atoms with Crippen LogP contribution in [0.2, 0.25) is 0 Å². The third-order valence-electron chi connectivity index (χ3n) is 4.87. The Kier molecular flexibility index (Phi) is 4.01. The number of amides is 1. The van der Waals surface area contributed by atoms with Gasteiger partial charge in [-0.15, -0.1) is 0 Å². The van der Waals surface area contributed by atoms with Gasteiger partial charge in [0.2, 0.25) is 5.88 Å². The lowest BCUT2D eigenvalue weighted by molar-refractivity contribution is 0.0157. The van der Waals surface area contributed by atoms with Gasteiger partial charge in [0.05, 0.1) is 24.3 Å². The molecule has 5 rings (SSSR count). The standard InChI is InChI=1S/C22H18N4O2/c27-22(20-12-19(24-25-20)15-6-2-1-3-7-15)26-13-17(14-26)28-21-11-10-16-8-4-5-9-18(16)23-21/h1-12,17H,13-14H2,(H,24,25). The molecule has 0 radical (unpaired) electrons. The average molecular weight is 370 g/mol. The van der Waals surface area contributed by atoms with Crippen molar-refractivity contribution in [3.8, 4) is 17.1 Å². The first-order chi connectivity index (χ1) is 13.8. The van der Waals surface area contributed by atoms with Gasteiger partial charge in [-0.25, -0.2) is 4.98 Å². The number of aromatic nitrogens is 3. The number of benzene rings is 2. The highest BCUT2D eigenvalue weighted by molar-refractivity contribution is 5.94. The summed E-state index contributed by atoms with van der Waals surface area (Å²) in [6.45, 7) is 1.07. The van der Waals surface area contributed by atoms with Gasteiger partial charge in [-0.1, -0.05) is 48.5 Å². The Labute approximate surface area is 161 Å². The number of fused-ring (bicyclic) bond motifs is 1. The lowest BCUT2D eigenvalue weighted by Gasteiger charge is -2.38. The maximum Gasteiger partial charge on any atom is 0.272 e. The molecule has 1 aliphatic rings. The van der Waals surface area contributed by atoms with Crippen LogP contribution < -0.4 is 4.74 Å². The van der Waals surface area contributed by atoms with Gasteiger partial charge >= 0.3 is 0 Å². The van der Waals surface area contributed by atoms with E-state index in [2.05, 4.69) is 15.2 Å². The summed E-state index contributed by atoms with van der Waals surface area (Å²) < 4.78 is 5.92. The molecule has 1 aliphatic heterocycles. The first-order valence-corrected chi connectivity index (χ1v) is 9.19. The summed E-state index contributed by atoms with van der Waals surface area (Å²) in [5, 5.41) is 8.17. The first-order valence-electron chi connectivity index (χ1n) is 9.19. The third-order valence-corrected chi connectivity index (χ3v) is 4.87. The van der Waals surface area contributed by atoms with E-state index in [0.717, 1.165) is 22.2 Å². The Balaban J connectivity index is 1.22. The zero-order valence-corrected chi connectivity index (χ0v) is 15.1. The van der Waals surface area contributed by atoms with E-state index < -0.39 is 0 Å². The monoisotopic (exact) mass is 370 g/mol. The van der Waals surface area contributed by atoms with E-state index in [4.69, 9.17) is 4.74 Å². The van der Waals surface area contributed by atoms with E-state index in [1.165, 1.54) is 0 Å². The van der Waals surface area contributed by atoms with Crippen molar-refractivity contribution in [2.45, 2.75) is 6.10 Å². The van der Waals surface area contributed by atoms with Crippen LogP contribution in [0.15, 0.2) is 72.8 Å². The quantitative estimate of drug-likeness (QED) is 0.597. The highest BCUT2D eigenvalue weighted by atomic mass is 16.5. The predicted octanol–water partition coefficient (Wildman–Crippen LogP) is 3.53. The van der Waals surface area contributed by atoms with Crippen molar-refractivity contribution in [2.24, 2.45) is 0 Å². The first kappa shape index (κ1) is 16.5. The number of hydrogen-bond donors (Lipinski definition) is 1. The summed E-state index contributed by atoms with van der Waals surface area (Å²) >= 11 is 0. The number of likely N-dealkylation sites (tertiary alicyclic amines) is 1. The predicted molar refractivity (Wildman–Crippen MR) is 106 cm³/mol. The van der Waals surface area contributed by atoms with Crippen molar-refractivity contribution in [2.75, 3.05) is 13.1 Å². The number of nitrogens with zero attached hydrogens (tertiary/aromatic N) is 3. The molecule has 2 aromatic heterocycles. The summed E-state index contributed by atoms with van der Waals surface area (Å²) in [7, 11) is 0. The summed E-state index contributed by atoms with van der Waals surface area (Å²) in [6, 6.07) is 23.4. The van der Waals surface area contributed by atoms with E-state index in [9.17, 15) is 4.79 Å². The van der Waals surface area contributed by atoms with Gasteiger partial charge in [0.25, 0.3) is 5.91 Å². The molecular formula is C22H18N4O2. The molecule has 0 aliphatic carbocycles. The number of hydrogen-bond acceptors (Lipinski definition) is 4. The molecule has 1 N–H and O–H groups in total. The van der Waals surface area contributed by atoms with Crippen LogP contribution in [0.25, 0.3) is 22.2 Å². The molecule has 1 amide bonds. The number of pyridine rings is 1. The van der Waals surface area contributed by atoms with Crippen molar-refractivity contribution >= 4 is 16.8 Å². The van der Waals surface area contributed by atoms with Crippen molar-refractivity contribution in [3.63, 3.8) is 0 Å². The van der Waals surface area contributed by atoms with Crippen molar-refractivity contribution in [1.82, 2.24) is 20.1 Å². The SMILES string of the molecule is O=C(c1cc(-c2ccccc2)n[nH]1)N1CC(Oc2ccc3ccccc3n2)C1. The fourth-order valence-corrected chi connectivity index (χ4v) is 3.32. The summed E-state index contributed by atoms with van der Waals surface area (Å²) in [5.41, 5.74) is 3.13. The fourth-order valence-electron chi connectivity index (χ4n) is 3.32. The molecule has 2 aromatic carbocycles. The minimum absolute atomic E-state index is 0.0471. The molecule has 1 fully saturated rings. The van der Waals surface area contributed by atoms with Crippen molar-refractivity contribution in [1.29, 1.82) is 0 Å². The molecule has 6 heteroatoms. The number of carbonyl (C=O) groups is 1. The number of para-hydroxylation sites is 1. The number of nitrogens with one attached hydrogen (secondary N) is 1. The largest absolute Gasteiger partial charge is 0.471 e. The van der Waals surface area contributed by atoms with Crippen LogP contribution in [0.5, 0.6) is 5.88 Å². The molecule has 6 nitrogen and oxygen atoms in total. The molecule has 0 atom stereocenters. The molecule has 28 heavy (non-hydrogen) atoms. The molecule has 138 valence electrons. The minimum atomic E-state index is -0.0685. The topological polar surface area (TPSA) is 71.1 Å². The van der Waals surface area contributed by atoms with Gasteiger partial charge in [0, 0.05) is 17.0 Å². The second-order valence-corrected chi connectivity index (χ2v) is 6.83. The Bertz CT molecular complexity index is 1130. The number of H-pyrrole nitrogens is 1.